The van der Waals surface area contributed by atoms with Gasteiger partial charge in [0.2, 0.25) is 0 Å². The van der Waals surface area contributed by atoms with Gasteiger partial charge in [0, 0.05) is 5.41 Å². The molecule has 4 saturated carbocycles. The van der Waals surface area contributed by atoms with Crippen LogP contribution in [-0.2, 0) is 4.79 Å². The summed E-state index contributed by atoms with van der Waals surface area (Å²) in [4.78, 5) is 12.3. The Morgan fingerprint density at radius 2 is 1.54 bits per heavy atom. The van der Waals surface area contributed by atoms with E-state index in [4.69, 9.17) is 0 Å². The van der Waals surface area contributed by atoms with Crippen LogP contribution in [0.3, 0.4) is 0 Å². The second-order valence-electron chi connectivity index (χ2n) is 10.2. The molecule has 4 rings (SSSR count). The first kappa shape index (κ1) is 18.9. The number of carbonyl (C=O) groups excluding carboxylic acids is 1. The van der Waals surface area contributed by atoms with Crippen molar-refractivity contribution >= 4 is 5.78 Å². The zero-order valence-electron chi connectivity index (χ0n) is 16.2. The third-order valence-corrected chi connectivity index (χ3v) is 9.46. The van der Waals surface area contributed by atoms with Crippen LogP contribution in [0.5, 0.6) is 0 Å². The van der Waals surface area contributed by atoms with Crippen LogP contribution in [0, 0.1) is 34.5 Å². The number of aliphatic hydroxyl groups is 4. The summed E-state index contributed by atoms with van der Waals surface area (Å²) < 4.78 is 0. The Labute approximate surface area is 155 Å². The van der Waals surface area contributed by atoms with E-state index in [0.717, 1.165) is 32.1 Å². The van der Waals surface area contributed by atoms with E-state index in [2.05, 4.69) is 6.92 Å². The highest BCUT2D eigenvalue weighted by atomic mass is 16.3. The van der Waals surface area contributed by atoms with E-state index in [1.54, 1.807) is 0 Å². The maximum atomic E-state index is 12.3. The van der Waals surface area contributed by atoms with Gasteiger partial charge in [0.15, 0.2) is 5.78 Å². The fourth-order valence-corrected chi connectivity index (χ4v) is 7.84. The fraction of sp³-hybridized carbons (Fsp3) is 0.952. The molecule has 26 heavy (non-hydrogen) atoms. The molecule has 0 aromatic heterocycles. The van der Waals surface area contributed by atoms with Crippen LogP contribution in [0.4, 0.5) is 0 Å². The lowest BCUT2D eigenvalue weighted by Crippen LogP contribution is -2.65. The van der Waals surface area contributed by atoms with Crippen molar-refractivity contribution in [1.29, 1.82) is 0 Å². The number of Topliss-reactive ketones (excluding diaryl/α,β-unsaturated/α-hetero) is 1. The SMILES string of the molecule is CC(=O)[C@@]1(O)CC[C@H]2[C@@H]3[C@@H](O)[C@H](O)[C@H]4C[C@H](O)CC[C@]4(C)[C@H]3CC[C@@]21C. The molecule has 4 N–H and O–H groups in total. The highest BCUT2D eigenvalue weighted by Crippen LogP contribution is 2.68. The molecule has 0 amide bonds. The van der Waals surface area contributed by atoms with Crippen LogP contribution in [0.1, 0.15) is 65.7 Å². The van der Waals surface area contributed by atoms with Crippen molar-refractivity contribution in [3.8, 4) is 0 Å². The molecule has 0 saturated heterocycles. The topological polar surface area (TPSA) is 98.0 Å². The summed E-state index contributed by atoms with van der Waals surface area (Å²) in [5.74, 6) is -0.0274. The maximum Gasteiger partial charge on any atom is 0.161 e. The van der Waals surface area contributed by atoms with Gasteiger partial charge < -0.3 is 20.4 Å². The van der Waals surface area contributed by atoms with Crippen LogP contribution in [0.25, 0.3) is 0 Å². The lowest BCUT2D eigenvalue weighted by Gasteiger charge is -2.63. The van der Waals surface area contributed by atoms with Gasteiger partial charge in [0.25, 0.3) is 0 Å². The van der Waals surface area contributed by atoms with Crippen molar-refractivity contribution in [3.63, 3.8) is 0 Å². The number of hydrogen-bond donors (Lipinski definition) is 4. The lowest BCUT2D eigenvalue weighted by atomic mass is 9.43. The zero-order chi connectivity index (χ0) is 19.1. The van der Waals surface area contributed by atoms with Gasteiger partial charge in [0.1, 0.15) is 5.60 Å². The molecule has 5 nitrogen and oxygen atoms in total. The second-order valence-corrected chi connectivity index (χ2v) is 10.2. The van der Waals surface area contributed by atoms with Gasteiger partial charge in [-0.2, -0.15) is 0 Å². The number of ketones is 1. The summed E-state index contributed by atoms with van der Waals surface area (Å²) >= 11 is 0. The van der Waals surface area contributed by atoms with Gasteiger partial charge in [-0.3, -0.25) is 4.79 Å². The van der Waals surface area contributed by atoms with Crippen molar-refractivity contribution in [2.24, 2.45) is 34.5 Å². The lowest BCUT2D eigenvalue weighted by molar-refractivity contribution is -0.230. The third-order valence-electron chi connectivity index (χ3n) is 9.46. The van der Waals surface area contributed by atoms with E-state index in [9.17, 15) is 25.2 Å². The van der Waals surface area contributed by atoms with Crippen molar-refractivity contribution < 1.29 is 25.2 Å². The Morgan fingerprint density at radius 3 is 2.19 bits per heavy atom. The van der Waals surface area contributed by atoms with Gasteiger partial charge in [-0.1, -0.05) is 13.8 Å². The van der Waals surface area contributed by atoms with E-state index < -0.39 is 29.3 Å². The fourth-order valence-electron chi connectivity index (χ4n) is 7.84. The summed E-state index contributed by atoms with van der Waals surface area (Å²) in [7, 11) is 0. The summed E-state index contributed by atoms with van der Waals surface area (Å²) in [6.45, 7) is 5.72. The number of carbonyl (C=O) groups is 1. The molecule has 0 bridgehead atoms. The molecule has 0 heterocycles. The highest BCUT2D eigenvalue weighted by molar-refractivity contribution is 5.86. The monoisotopic (exact) mass is 366 g/mol. The smallest absolute Gasteiger partial charge is 0.161 e. The summed E-state index contributed by atoms with van der Waals surface area (Å²) in [6, 6.07) is 0. The first-order chi connectivity index (χ1) is 12.1. The van der Waals surface area contributed by atoms with Gasteiger partial charge in [-0.15, -0.1) is 0 Å². The molecule has 0 radical (unpaired) electrons. The molecule has 0 unspecified atom stereocenters. The molecule has 4 fully saturated rings. The molecule has 0 aromatic rings. The molecule has 0 spiro atoms. The van der Waals surface area contributed by atoms with Crippen LogP contribution in [0.15, 0.2) is 0 Å². The zero-order valence-corrected chi connectivity index (χ0v) is 16.2. The predicted molar refractivity (Wildman–Crippen MR) is 96.1 cm³/mol. The quantitative estimate of drug-likeness (QED) is 0.566. The molecule has 5 heteroatoms. The summed E-state index contributed by atoms with van der Waals surface area (Å²) in [5.41, 5.74) is -1.94. The standard InChI is InChI=1S/C21H34O5/c1-11(22)21(26)9-6-14-16-13(5-8-20(14,21)3)19(2)7-4-12(23)10-15(19)17(24)18(16)25/h12-18,23-26H,4-10H2,1-3H3/t12-,13+,14+,15-,16-,17-,18-,19-,20+,21+/m1/s1. The number of rotatable bonds is 1. The Morgan fingerprint density at radius 1 is 0.885 bits per heavy atom. The minimum Gasteiger partial charge on any atom is -0.393 e. The Balaban J connectivity index is 1.73. The van der Waals surface area contributed by atoms with Crippen molar-refractivity contribution in [2.45, 2.75) is 89.6 Å². The summed E-state index contributed by atoms with van der Waals surface area (Å²) in [5, 5.41) is 43.3. The Hall–Kier alpha value is -0.490. The minimum absolute atomic E-state index is 0.0458. The van der Waals surface area contributed by atoms with Crippen molar-refractivity contribution in [3.05, 3.63) is 0 Å². The van der Waals surface area contributed by atoms with Gasteiger partial charge in [-0.25, -0.2) is 0 Å². The Kier molecular flexibility index (Phi) is 4.17. The average molecular weight is 366 g/mol. The molecule has 148 valence electrons. The van der Waals surface area contributed by atoms with Crippen LogP contribution in [-0.4, -0.2) is 50.1 Å². The molecule has 0 aliphatic heterocycles. The molecule has 0 aromatic carbocycles. The molecule has 4 aliphatic rings. The minimum atomic E-state index is -1.31. The Bertz CT molecular complexity index is 607. The first-order valence-electron chi connectivity index (χ1n) is 10.3. The van der Waals surface area contributed by atoms with Gasteiger partial charge >= 0.3 is 0 Å². The third kappa shape index (κ3) is 2.15. The van der Waals surface area contributed by atoms with E-state index in [1.165, 1.54) is 6.92 Å². The average Bonchev–Trinajstić information content (AvgIpc) is 2.87. The number of hydrogen-bond acceptors (Lipinski definition) is 5. The normalized spacial score (nSPS) is 59.3. The van der Waals surface area contributed by atoms with Crippen LogP contribution >= 0.6 is 0 Å². The summed E-state index contributed by atoms with van der Waals surface area (Å²) in [6.07, 6.45) is 2.90. The van der Waals surface area contributed by atoms with E-state index in [-0.39, 0.29) is 34.9 Å². The maximum absolute atomic E-state index is 12.3. The van der Waals surface area contributed by atoms with Crippen molar-refractivity contribution in [1.82, 2.24) is 0 Å². The van der Waals surface area contributed by atoms with Crippen molar-refractivity contribution in [2.75, 3.05) is 0 Å². The highest BCUT2D eigenvalue weighted by Gasteiger charge is 2.69. The second kappa shape index (κ2) is 5.76. The first-order valence-corrected chi connectivity index (χ1v) is 10.3. The van der Waals surface area contributed by atoms with E-state index >= 15 is 0 Å². The molecular formula is C21H34O5. The van der Waals surface area contributed by atoms with E-state index in [0.29, 0.717) is 12.8 Å². The molecule has 4 aliphatic carbocycles. The van der Waals surface area contributed by atoms with Gasteiger partial charge in [0.05, 0.1) is 18.3 Å². The number of aliphatic hydroxyl groups excluding tert-OH is 3. The van der Waals surface area contributed by atoms with Crippen LogP contribution in [0.2, 0.25) is 0 Å². The largest absolute Gasteiger partial charge is 0.393 e. The molecular weight excluding hydrogens is 332 g/mol. The number of fused-ring (bicyclic) bond motifs is 5. The van der Waals surface area contributed by atoms with Gasteiger partial charge in [-0.05, 0) is 81.0 Å². The predicted octanol–water partition coefficient (Wildman–Crippen LogP) is 1.65. The van der Waals surface area contributed by atoms with Crippen LogP contribution < -0.4 is 0 Å². The van der Waals surface area contributed by atoms with E-state index in [1.807, 2.05) is 6.92 Å². The molecule has 10 atom stereocenters.